The second-order valence-corrected chi connectivity index (χ2v) is 7.21. The Kier molecular flexibility index (Phi) is 8.10. The average Bonchev–Trinajstić information content (AvgIpc) is 3.49. The third kappa shape index (κ3) is 5.87. The molecule has 0 saturated carbocycles. The average molecular weight is 534 g/mol. The molecule has 3 heterocycles. The van der Waals surface area contributed by atoms with E-state index in [1.165, 1.54) is 17.4 Å². The molecule has 1 aromatic carbocycles. The van der Waals surface area contributed by atoms with Crippen molar-refractivity contribution in [3.8, 4) is 0 Å². The lowest BCUT2D eigenvalue weighted by molar-refractivity contribution is 0.0657. The second-order valence-electron chi connectivity index (χ2n) is 7.21. The maximum atomic E-state index is 12.4. The Labute approximate surface area is 199 Å². The molecule has 1 fully saturated rings. The molecule has 0 aliphatic carbocycles. The van der Waals surface area contributed by atoms with Crippen LogP contribution in [0.1, 0.15) is 21.7 Å². The van der Waals surface area contributed by atoms with E-state index in [9.17, 15) is 4.79 Å². The molecule has 164 valence electrons. The van der Waals surface area contributed by atoms with Gasteiger partial charge in [0.15, 0.2) is 11.7 Å². The number of nitrogens with one attached hydrogen (secondary N) is 1. The summed E-state index contributed by atoms with van der Waals surface area (Å²) >= 11 is 0. The fourth-order valence-corrected chi connectivity index (χ4v) is 3.62. The topological polar surface area (TPSA) is 78.9 Å². The Morgan fingerprint density at radius 2 is 1.90 bits per heavy atom. The molecule has 0 unspecified atom stereocenters. The minimum atomic E-state index is -0.0581. The van der Waals surface area contributed by atoms with E-state index in [2.05, 4.69) is 49.0 Å². The van der Waals surface area contributed by atoms with Gasteiger partial charge in [0.1, 0.15) is 0 Å². The van der Waals surface area contributed by atoms with Gasteiger partial charge in [0.25, 0.3) is 5.91 Å². The van der Waals surface area contributed by atoms with Crippen molar-refractivity contribution in [2.45, 2.75) is 13.1 Å². The van der Waals surface area contributed by atoms with Crippen LogP contribution in [0.25, 0.3) is 0 Å². The van der Waals surface area contributed by atoms with Crippen molar-refractivity contribution in [1.29, 1.82) is 0 Å². The third-order valence-electron chi connectivity index (χ3n) is 5.18. The summed E-state index contributed by atoms with van der Waals surface area (Å²) in [5, 5.41) is 3.45. The fourth-order valence-electron chi connectivity index (χ4n) is 3.62. The monoisotopic (exact) mass is 534 g/mol. The highest BCUT2D eigenvalue weighted by Crippen LogP contribution is 2.11. The number of hydrogen-bond acceptors (Lipinski definition) is 4. The van der Waals surface area contributed by atoms with E-state index in [1.807, 2.05) is 17.4 Å². The molecule has 0 atom stereocenters. The smallest absolute Gasteiger partial charge is 0.289 e. The number of piperazine rings is 1. The first-order chi connectivity index (χ1) is 14.7. The van der Waals surface area contributed by atoms with Crippen LogP contribution >= 0.6 is 24.0 Å². The van der Waals surface area contributed by atoms with Crippen molar-refractivity contribution in [2.75, 3.05) is 33.2 Å². The predicted molar refractivity (Wildman–Crippen MR) is 130 cm³/mol. The van der Waals surface area contributed by atoms with Crippen LogP contribution in [-0.2, 0) is 13.1 Å². The van der Waals surface area contributed by atoms with Crippen molar-refractivity contribution >= 4 is 35.8 Å². The van der Waals surface area contributed by atoms with Crippen molar-refractivity contribution < 1.29 is 9.21 Å². The second kappa shape index (κ2) is 11.0. The number of furan rings is 1. The summed E-state index contributed by atoms with van der Waals surface area (Å²) in [6.45, 7) is 4.23. The van der Waals surface area contributed by atoms with Crippen LogP contribution in [0, 0.1) is 0 Å². The molecule has 9 heteroatoms. The molecule has 8 nitrogen and oxygen atoms in total. The van der Waals surface area contributed by atoms with Crippen molar-refractivity contribution in [3.63, 3.8) is 0 Å². The summed E-state index contributed by atoms with van der Waals surface area (Å²) in [7, 11) is 1.79. The first-order valence-electron chi connectivity index (χ1n) is 10.0. The van der Waals surface area contributed by atoms with Crippen LogP contribution in [0.2, 0.25) is 0 Å². The summed E-state index contributed by atoms with van der Waals surface area (Å²) in [5.74, 6) is 1.18. The van der Waals surface area contributed by atoms with Gasteiger partial charge in [-0.1, -0.05) is 24.3 Å². The largest absolute Gasteiger partial charge is 0.459 e. The first kappa shape index (κ1) is 22.9. The minimum Gasteiger partial charge on any atom is -0.459 e. The molecule has 2 aromatic heterocycles. The van der Waals surface area contributed by atoms with Gasteiger partial charge in [0.2, 0.25) is 0 Å². The highest BCUT2D eigenvalue weighted by molar-refractivity contribution is 14.0. The SMILES string of the molecule is CN=C(NCc1cccc(Cn2ccnc2)c1)N1CCN(C(=O)c2ccco2)CC1.I. The molecule has 31 heavy (non-hydrogen) atoms. The number of benzene rings is 1. The molecule has 3 aromatic rings. The number of halogens is 1. The molecule has 4 rings (SSSR count). The number of rotatable bonds is 5. The van der Waals surface area contributed by atoms with Crippen LogP contribution < -0.4 is 5.32 Å². The molecule has 1 saturated heterocycles. The number of aliphatic imine (C=N–C) groups is 1. The molecule has 1 aliphatic heterocycles. The number of imidazole rings is 1. The van der Waals surface area contributed by atoms with Gasteiger partial charge < -0.3 is 24.1 Å². The normalized spacial score (nSPS) is 14.3. The Bertz CT molecular complexity index is 979. The summed E-state index contributed by atoms with van der Waals surface area (Å²) in [6, 6.07) is 11.9. The molecular formula is C22H27IN6O2. The van der Waals surface area contributed by atoms with Crippen LogP contribution in [0.3, 0.4) is 0 Å². The zero-order valence-electron chi connectivity index (χ0n) is 17.5. The van der Waals surface area contributed by atoms with Gasteiger partial charge in [-0.05, 0) is 23.3 Å². The lowest BCUT2D eigenvalue weighted by atomic mass is 10.1. The zero-order valence-corrected chi connectivity index (χ0v) is 19.8. The summed E-state index contributed by atoms with van der Waals surface area (Å²) in [5.41, 5.74) is 2.42. The highest BCUT2D eigenvalue weighted by atomic mass is 127. The van der Waals surface area contributed by atoms with Crippen LogP contribution in [-0.4, -0.2) is 64.4 Å². The van der Waals surface area contributed by atoms with Crippen LogP contribution in [0.5, 0.6) is 0 Å². The van der Waals surface area contributed by atoms with E-state index >= 15 is 0 Å². The van der Waals surface area contributed by atoms with Crippen LogP contribution in [0.15, 0.2) is 70.8 Å². The number of hydrogen-bond donors (Lipinski definition) is 1. The van der Waals surface area contributed by atoms with E-state index in [1.54, 1.807) is 25.4 Å². The molecule has 0 spiro atoms. The Hall–Kier alpha value is -2.82. The standard InChI is InChI=1S/C22H26N6O2.HI/c1-23-22(28-11-9-27(10-12-28)21(29)20-6-3-13-30-20)25-15-18-4-2-5-19(14-18)16-26-8-7-24-17-26;/h2-8,13-14,17H,9-12,15-16H2,1H3,(H,23,25);1H. The predicted octanol–water partition coefficient (Wildman–Crippen LogP) is 2.68. The molecular weight excluding hydrogens is 507 g/mol. The van der Waals surface area contributed by atoms with Gasteiger partial charge in [0.05, 0.1) is 12.6 Å². The lowest BCUT2D eigenvalue weighted by Gasteiger charge is -2.36. The van der Waals surface area contributed by atoms with Crippen molar-refractivity contribution in [2.24, 2.45) is 4.99 Å². The van der Waals surface area contributed by atoms with E-state index in [0.717, 1.165) is 25.6 Å². The summed E-state index contributed by atoms with van der Waals surface area (Å²) < 4.78 is 7.28. The molecule has 1 aliphatic rings. The molecule has 1 N–H and O–H groups in total. The fraction of sp³-hybridized carbons (Fsp3) is 0.318. The number of carbonyl (C=O) groups is 1. The van der Waals surface area contributed by atoms with E-state index < -0.39 is 0 Å². The maximum Gasteiger partial charge on any atom is 0.289 e. The number of amides is 1. The number of guanidine groups is 1. The number of aromatic nitrogens is 2. The first-order valence-corrected chi connectivity index (χ1v) is 10.0. The van der Waals surface area contributed by atoms with Crippen LogP contribution in [0.4, 0.5) is 0 Å². The highest BCUT2D eigenvalue weighted by Gasteiger charge is 2.25. The summed E-state index contributed by atoms with van der Waals surface area (Å²) in [6.07, 6.45) is 7.10. The van der Waals surface area contributed by atoms with Gasteiger partial charge in [0, 0.05) is 58.7 Å². The van der Waals surface area contributed by atoms with Gasteiger partial charge in [-0.15, -0.1) is 24.0 Å². The van der Waals surface area contributed by atoms with Gasteiger partial charge in [-0.3, -0.25) is 9.79 Å². The molecule has 1 amide bonds. The lowest BCUT2D eigenvalue weighted by Crippen LogP contribution is -2.53. The number of nitrogens with zero attached hydrogens (tertiary/aromatic N) is 5. The van der Waals surface area contributed by atoms with Crippen molar-refractivity contribution in [3.05, 3.63) is 78.3 Å². The maximum absolute atomic E-state index is 12.4. The Morgan fingerprint density at radius 3 is 2.58 bits per heavy atom. The Morgan fingerprint density at radius 1 is 1.13 bits per heavy atom. The zero-order chi connectivity index (χ0) is 20.8. The third-order valence-corrected chi connectivity index (χ3v) is 5.18. The summed E-state index contributed by atoms with van der Waals surface area (Å²) in [4.78, 5) is 24.9. The quantitative estimate of drug-likeness (QED) is 0.310. The van der Waals surface area contributed by atoms with E-state index in [0.29, 0.717) is 25.4 Å². The minimum absolute atomic E-state index is 0. The van der Waals surface area contributed by atoms with E-state index in [-0.39, 0.29) is 29.9 Å². The van der Waals surface area contributed by atoms with Crippen molar-refractivity contribution in [1.82, 2.24) is 24.7 Å². The van der Waals surface area contributed by atoms with Gasteiger partial charge in [-0.2, -0.15) is 0 Å². The van der Waals surface area contributed by atoms with Gasteiger partial charge >= 0.3 is 0 Å². The molecule has 0 radical (unpaired) electrons. The van der Waals surface area contributed by atoms with E-state index in [4.69, 9.17) is 4.42 Å². The number of carbonyl (C=O) groups excluding carboxylic acids is 1. The molecule has 0 bridgehead atoms. The van der Waals surface area contributed by atoms with Gasteiger partial charge in [-0.25, -0.2) is 4.98 Å². The Balaban J connectivity index is 0.00000272.